The molecule has 1 rings (SSSR count). The van der Waals surface area contributed by atoms with Crippen LogP contribution in [-0.4, -0.2) is 24.4 Å². The fourth-order valence-electron chi connectivity index (χ4n) is 1.26. The molecule has 0 saturated heterocycles. The molecule has 0 saturated carbocycles. The number of aliphatic hydroxyl groups is 1. The highest BCUT2D eigenvalue weighted by atomic mass is 35.5. The molecule has 0 spiro atoms. The summed E-state index contributed by atoms with van der Waals surface area (Å²) in [5.74, 6) is -0.405. The molecule has 1 aromatic rings. The summed E-state index contributed by atoms with van der Waals surface area (Å²) < 4.78 is 4.62. The van der Waals surface area contributed by atoms with E-state index in [0.29, 0.717) is 15.6 Å². The van der Waals surface area contributed by atoms with E-state index in [0.717, 1.165) is 0 Å². The van der Waals surface area contributed by atoms with Gasteiger partial charge in [0.05, 0.1) is 6.61 Å². The lowest BCUT2D eigenvalue weighted by Crippen LogP contribution is -2.20. The maximum absolute atomic E-state index is 10.5. The number of ether oxygens (including phenoxy) is 1. The molecule has 0 aliphatic rings. The van der Waals surface area contributed by atoms with Crippen LogP contribution in [0.3, 0.4) is 0 Å². The van der Waals surface area contributed by atoms with Gasteiger partial charge in [0.25, 0.3) is 0 Å². The van der Waals surface area contributed by atoms with Crippen molar-refractivity contribution in [3.8, 4) is 0 Å². The first kappa shape index (κ1) is 13.1. The number of benzene rings is 1. The summed E-state index contributed by atoms with van der Waals surface area (Å²) in [6.45, 7) is -0.220. The maximum atomic E-state index is 10.5. The molecule has 0 fully saturated rings. The number of aliphatic hydroxyl groups excluding tert-OH is 1. The predicted octanol–water partition coefficient (Wildman–Crippen LogP) is 2.16. The smallest absolute Gasteiger partial charge is 0.404 e. The quantitative estimate of drug-likeness (QED) is 0.875. The number of primary amides is 1. The zero-order valence-electron chi connectivity index (χ0n) is 8.32. The molecule has 1 amide bonds. The molecule has 0 heterocycles. The van der Waals surface area contributed by atoms with Gasteiger partial charge in [-0.2, -0.15) is 0 Å². The van der Waals surface area contributed by atoms with E-state index in [2.05, 4.69) is 4.74 Å². The molecule has 3 N–H and O–H groups in total. The van der Waals surface area contributed by atoms with Gasteiger partial charge in [-0.25, -0.2) is 4.79 Å². The molecule has 0 radical (unpaired) electrons. The van der Waals surface area contributed by atoms with Gasteiger partial charge in [0, 0.05) is 16.0 Å². The number of rotatable bonds is 4. The molecule has 1 aromatic carbocycles. The molecule has 0 aliphatic heterocycles. The monoisotopic (exact) mass is 263 g/mol. The largest absolute Gasteiger partial charge is 0.449 e. The van der Waals surface area contributed by atoms with Crippen LogP contribution < -0.4 is 5.73 Å². The lowest BCUT2D eigenvalue weighted by atomic mass is 10.0. The minimum Gasteiger partial charge on any atom is -0.449 e. The first-order chi connectivity index (χ1) is 7.54. The third-order valence-corrected chi connectivity index (χ3v) is 2.61. The highest BCUT2D eigenvalue weighted by molar-refractivity contribution is 6.35. The Morgan fingerprint density at radius 2 is 2.19 bits per heavy atom. The van der Waals surface area contributed by atoms with Crippen molar-refractivity contribution in [3.05, 3.63) is 33.8 Å². The van der Waals surface area contributed by atoms with E-state index in [1.165, 1.54) is 0 Å². The number of nitrogens with two attached hydrogens (primary N) is 1. The van der Waals surface area contributed by atoms with Crippen molar-refractivity contribution >= 4 is 29.3 Å². The normalized spacial score (nSPS) is 12.2. The molecule has 4 nitrogen and oxygen atoms in total. The Kier molecular flexibility index (Phi) is 4.86. The van der Waals surface area contributed by atoms with Gasteiger partial charge >= 0.3 is 6.09 Å². The summed E-state index contributed by atoms with van der Waals surface area (Å²) in [5.41, 5.74) is 5.50. The maximum Gasteiger partial charge on any atom is 0.404 e. The van der Waals surface area contributed by atoms with Gasteiger partial charge in [-0.3, -0.25) is 0 Å². The van der Waals surface area contributed by atoms with Gasteiger partial charge in [-0.1, -0.05) is 29.3 Å². The van der Waals surface area contributed by atoms with Crippen molar-refractivity contribution in [2.75, 3.05) is 13.2 Å². The van der Waals surface area contributed by atoms with Crippen LogP contribution in [0.25, 0.3) is 0 Å². The number of amides is 1. The summed E-state index contributed by atoms with van der Waals surface area (Å²) in [4.78, 5) is 10.5. The average molecular weight is 264 g/mol. The molecule has 88 valence electrons. The molecule has 0 aromatic heterocycles. The first-order valence-electron chi connectivity index (χ1n) is 4.52. The van der Waals surface area contributed by atoms with Crippen molar-refractivity contribution in [2.45, 2.75) is 5.92 Å². The Hall–Kier alpha value is -0.970. The van der Waals surface area contributed by atoms with Crippen molar-refractivity contribution in [1.29, 1.82) is 0 Å². The number of carbonyl (C=O) groups excluding carboxylic acids is 1. The van der Waals surface area contributed by atoms with Crippen LogP contribution in [0.5, 0.6) is 0 Å². The Balaban J connectivity index is 2.82. The number of hydrogen-bond donors (Lipinski definition) is 2. The van der Waals surface area contributed by atoms with Crippen LogP contribution >= 0.6 is 23.2 Å². The second-order valence-electron chi connectivity index (χ2n) is 3.18. The second kappa shape index (κ2) is 5.94. The first-order valence-corrected chi connectivity index (χ1v) is 5.28. The zero-order chi connectivity index (χ0) is 12.1. The lowest BCUT2D eigenvalue weighted by molar-refractivity contribution is 0.133. The van der Waals surface area contributed by atoms with Crippen molar-refractivity contribution in [1.82, 2.24) is 0 Å². The Morgan fingerprint density at radius 3 is 2.69 bits per heavy atom. The molecule has 6 heteroatoms. The standard InChI is InChI=1S/C10H11Cl2NO3/c11-7-1-2-8(9(12)3-7)6(4-14)5-16-10(13)15/h1-3,6,14H,4-5H2,(H2,13,15). The third-order valence-electron chi connectivity index (χ3n) is 2.05. The average Bonchev–Trinajstić information content (AvgIpc) is 2.21. The number of halogens is 2. The molecule has 16 heavy (non-hydrogen) atoms. The lowest BCUT2D eigenvalue weighted by Gasteiger charge is -2.15. The van der Waals surface area contributed by atoms with E-state index in [9.17, 15) is 4.79 Å². The molecule has 0 aliphatic carbocycles. The fraction of sp³-hybridized carbons (Fsp3) is 0.300. The summed E-state index contributed by atoms with van der Waals surface area (Å²) in [6, 6.07) is 4.89. The van der Waals surface area contributed by atoms with Crippen molar-refractivity contribution in [3.63, 3.8) is 0 Å². The molecule has 1 unspecified atom stereocenters. The number of hydrogen-bond acceptors (Lipinski definition) is 3. The Morgan fingerprint density at radius 1 is 1.50 bits per heavy atom. The molecule has 1 atom stereocenters. The van der Waals surface area contributed by atoms with Crippen LogP contribution in [0, 0.1) is 0 Å². The van der Waals surface area contributed by atoms with Gasteiger partial charge < -0.3 is 15.6 Å². The van der Waals surface area contributed by atoms with Gasteiger partial charge in [-0.15, -0.1) is 0 Å². The van der Waals surface area contributed by atoms with E-state index >= 15 is 0 Å². The highest BCUT2D eigenvalue weighted by Gasteiger charge is 2.15. The van der Waals surface area contributed by atoms with E-state index in [1.807, 2.05) is 0 Å². The van der Waals surface area contributed by atoms with Crippen LogP contribution in [0.1, 0.15) is 11.5 Å². The number of carbonyl (C=O) groups is 1. The van der Waals surface area contributed by atoms with E-state index < -0.39 is 12.0 Å². The minimum atomic E-state index is -0.886. The van der Waals surface area contributed by atoms with Gasteiger partial charge in [-0.05, 0) is 17.7 Å². The zero-order valence-corrected chi connectivity index (χ0v) is 9.83. The topological polar surface area (TPSA) is 72.6 Å². The van der Waals surface area contributed by atoms with Crippen LogP contribution in [-0.2, 0) is 4.74 Å². The Bertz CT molecular complexity index is 384. The summed E-state index contributed by atoms with van der Waals surface area (Å²) in [5, 5.41) is 10.1. The van der Waals surface area contributed by atoms with E-state index in [4.69, 9.17) is 34.0 Å². The van der Waals surface area contributed by atoms with Crippen molar-refractivity contribution < 1.29 is 14.6 Å². The third kappa shape index (κ3) is 3.56. The van der Waals surface area contributed by atoms with Gasteiger partial charge in [0.15, 0.2) is 0 Å². The minimum absolute atomic E-state index is 0.0206. The predicted molar refractivity (Wildman–Crippen MR) is 61.8 cm³/mol. The molecule has 0 bridgehead atoms. The SMILES string of the molecule is NC(=O)OCC(CO)c1ccc(Cl)cc1Cl. The molecular weight excluding hydrogens is 253 g/mol. The van der Waals surface area contributed by atoms with E-state index in [-0.39, 0.29) is 13.2 Å². The van der Waals surface area contributed by atoms with Crippen molar-refractivity contribution in [2.24, 2.45) is 5.73 Å². The van der Waals surface area contributed by atoms with Crippen LogP contribution in [0.15, 0.2) is 18.2 Å². The van der Waals surface area contributed by atoms with E-state index in [1.54, 1.807) is 18.2 Å². The highest BCUT2D eigenvalue weighted by Crippen LogP contribution is 2.27. The summed E-state index contributed by atoms with van der Waals surface area (Å²) >= 11 is 11.7. The summed E-state index contributed by atoms with van der Waals surface area (Å²) in [7, 11) is 0. The van der Waals surface area contributed by atoms with Crippen LogP contribution in [0.2, 0.25) is 10.0 Å². The second-order valence-corrected chi connectivity index (χ2v) is 4.02. The van der Waals surface area contributed by atoms with Gasteiger partial charge in [0.1, 0.15) is 6.61 Å². The van der Waals surface area contributed by atoms with Gasteiger partial charge in [0.2, 0.25) is 0 Å². The molecular formula is C10H11Cl2NO3. The van der Waals surface area contributed by atoms with Crippen LogP contribution in [0.4, 0.5) is 4.79 Å². The Labute approximate surface area is 103 Å². The fourth-order valence-corrected chi connectivity index (χ4v) is 1.82. The summed E-state index contributed by atoms with van der Waals surface area (Å²) in [6.07, 6.45) is -0.886.